The fourth-order valence-electron chi connectivity index (χ4n) is 2.92. The molecule has 0 spiro atoms. The maximum Gasteiger partial charge on any atom is 0.387 e. The molecule has 156 valence electrons. The number of carbonyl (C=O) groups excluding carboxylic acids is 1. The molecule has 0 fully saturated rings. The summed E-state index contributed by atoms with van der Waals surface area (Å²) in [6, 6.07) is 12.9. The van der Waals surface area contributed by atoms with E-state index in [1.165, 1.54) is 41.1 Å². The number of halogens is 2. The number of rotatable bonds is 8. The molecule has 1 heterocycles. The number of benzene rings is 2. The lowest BCUT2D eigenvalue weighted by Crippen LogP contribution is -2.29. The second-order valence-corrected chi connectivity index (χ2v) is 6.27. The minimum atomic E-state index is -2.98. The summed E-state index contributed by atoms with van der Waals surface area (Å²) in [5.41, 5.74) is 1.03. The summed E-state index contributed by atoms with van der Waals surface area (Å²) in [4.78, 5) is 22.9. The van der Waals surface area contributed by atoms with Crippen LogP contribution in [0.25, 0.3) is 5.69 Å². The van der Waals surface area contributed by atoms with Gasteiger partial charge >= 0.3 is 6.61 Å². The van der Waals surface area contributed by atoms with E-state index >= 15 is 0 Å². The van der Waals surface area contributed by atoms with E-state index in [2.05, 4.69) is 15.2 Å². The standard InChI is InChI=1S/C20H18F2N4O4/c1-2-16(15-5-3-4-6-18(15)30-20(21)22)23-19(27)17-11-12-25(24-17)13-7-9-14(10-8-13)26(28)29/h3-12,16,20H,2H2,1H3,(H,23,27). The molecule has 2 aromatic carbocycles. The average molecular weight is 416 g/mol. The van der Waals surface area contributed by atoms with E-state index in [1.54, 1.807) is 31.3 Å². The van der Waals surface area contributed by atoms with E-state index in [9.17, 15) is 23.7 Å². The molecule has 0 saturated carbocycles. The van der Waals surface area contributed by atoms with Crippen LogP contribution in [0.5, 0.6) is 5.75 Å². The minimum absolute atomic E-state index is 0.00365. The smallest absolute Gasteiger partial charge is 0.387 e. The molecule has 30 heavy (non-hydrogen) atoms. The van der Waals surface area contributed by atoms with Crippen molar-refractivity contribution in [2.75, 3.05) is 0 Å². The highest BCUT2D eigenvalue weighted by molar-refractivity contribution is 5.92. The molecule has 0 bridgehead atoms. The zero-order chi connectivity index (χ0) is 21.7. The third kappa shape index (κ3) is 4.77. The molecule has 1 unspecified atom stereocenters. The van der Waals surface area contributed by atoms with Gasteiger partial charge in [-0.15, -0.1) is 0 Å². The molecule has 8 nitrogen and oxygen atoms in total. The largest absolute Gasteiger partial charge is 0.434 e. The molecule has 0 aliphatic carbocycles. The highest BCUT2D eigenvalue weighted by Gasteiger charge is 2.20. The van der Waals surface area contributed by atoms with Crippen molar-refractivity contribution in [1.29, 1.82) is 0 Å². The number of carbonyl (C=O) groups is 1. The normalized spacial score (nSPS) is 11.9. The number of alkyl halides is 2. The number of non-ortho nitro benzene ring substituents is 1. The molecule has 10 heteroatoms. The first-order valence-electron chi connectivity index (χ1n) is 9.04. The van der Waals surface area contributed by atoms with Gasteiger partial charge < -0.3 is 10.1 Å². The average Bonchev–Trinajstić information content (AvgIpc) is 3.22. The number of nitrogens with one attached hydrogen (secondary N) is 1. The monoisotopic (exact) mass is 416 g/mol. The number of hydrogen-bond acceptors (Lipinski definition) is 5. The van der Waals surface area contributed by atoms with Crippen LogP contribution in [-0.4, -0.2) is 27.2 Å². The Balaban J connectivity index is 1.77. The summed E-state index contributed by atoms with van der Waals surface area (Å²) in [6.45, 7) is -1.17. The number of nitrogens with zero attached hydrogens (tertiary/aromatic N) is 3. The zero-order valence-electron chi connectivity index (χ0n) is 15.9. The lowest BCUT2D eigenvalue weighted by Gasteiger charge is -2.20. The van der Waals surface area contributed by atoms with Crippen molar-refractivity contribution in [1.82, 2.24) is 15.1 Å². The van der Waals surface area contributed by atoms with Gasteiger partial charge in [-0.3, -0.25) is 14.9 Å². The Kier molecular flexibility index (Phi) is 6.35. The fraction of sp³-hybridized carbons (Fsp3) is 0.200. The molecule has 3 rings (SSSR count). The van der Waals surface area contributed by atoms with Gasteiger partial charge in [0.25, 0.3) is 11.6 Å². The zero-order valence-corrected chi connectivity index (χ0v) is 15.9. The van der Waals surface area contributed by atoms with Crippen molar-refractivity contribution in [3.05, 3.63) is 82.2 Å². The Morgan fingerprint density at radius 3 is 2.53 bits per heavy atom. The second kappa shape index (κ2) is 9.12. The van der Waals surface area contributed by atoms with Crippen LogP contribution in [0.4, 0.5) is 14.5 Å². The summed E-state index contributed by atoms with van der Waals surface area (Å²) in [7, 11) is 0. The quantitative estimate of drug-likeness (QED) is 0.437. The van der Waals surface area contributed by atoms with Crippen molar-refractivity contribution in [2.24, 2.45) is 0 Å². The molecule has 0 radical (unpaired) electrons. The number of aromatic nitrogens is 2. The Hall–Kier alpha value is -3.82. The second-order valence-electron chi connectivity index (χ2n) is 6.27. The van der Waals surface area contributed by atoms with Crippen molar-refractivity contribution in [3.63, 3.8) is 0 Å². The maximum absolute atomic E-state index is 12.7. The first-order valence-corrected chi connectivity index (χ1v) is 9.04. The van der Waals surface area contributed by atoms with Crippen LogP contribution in [0.15, 0.2) is 60.8 Å². The van der Waals surface area contributed by atoms with E-state index in [1.807, 2.05) is 0 Å². The number of hydrogen-bond donors (Lipinski definition) is 1. The minimum Gasteiger partial charge on any atom is -0.434 e. The van der Waals surface area contributed by atoms with E-state index in [0.29, 0.717) is 17.7 Å². The van der Waals surface area contributed by atoms with Gasteiger partial charge in [0.05, 0.1) is 16.7 Å². The number of nitro benzene ring substituents is 1. The summed E-state index contributed by atoms with van der Waals surface area (Å²) in [6.07, 6.45) is 1.99. The Bertz CT molecular complexity index is 1040. The predicted octanol–water partition coefficient (Wildman–Crippen LogP) is 4.26. The van der Waals surface area contributed by atoms with E-state index in [0.717, 1.165) is 0 Å². The lowest BCUT2D eigenvalue weighted by molar-refractivity contribution is -0.384. The van der Waals surface area contributed by atoms with Crippen LogP contribution in [0, 0.1) is 10.1 Å². The molecule has 0 saturated heterocycles. The molecular formula is C20H18F2N4O4. The van der Waals surface area contributed by atoms with Crippen molar-refractivity contribution >= 4 is 11.6 Å². The SMILES string of the molecule is CCC(NC(=O)c1ccn(-c2ccc([N+](=O)[O-])cc2)n1)c1ccccc1OC(F)F. The maximum atomic E-state index is 12.7. The van der Waals surface area contributed by atoms with Crippen LogP contribution in [0.3, 0.4) is 0 Å². The molecule has 3 aromatic rings. The van der Waals surface area contributed by atoms with Crippen molar-refractivity contribution in [2.45, 2.75) is 26.0 Å². The molecule has 1 aromatic heterocycles. The Labute approximate surface area is 170 Å². The summed E-state index contributed by atoms with van der Waals surface area (Å²) < 4.78 is 31.3. The van der Waals surface area contributed by atoms with Crippen molar-refractivity contribution < 1.29 is 23.2 Å². The first kappa shape index (κ1) is 20.9. The van der Waals surface area contributed by atoms with E-state index in [4.69, 9.17) is 0 Å². The number of para-hydroxylation sites is 1. The molecule has 0 aliphatic heterocycles. The highest BCUT2D eigenvalue weighted by atomic mass is 19.3. The van der Waals surface area contributed by atoms with Crippen LogP contribution >= 0.6 is 0 Å². The van der Waals surface area contributed by atoms with Crippen LogP contribution in [0.1, 0.15) is 35.4 Å². The van der Waals surface area contributed by atoms with Gasteiger partial charge in [0.15, 0.2) is 5.69 Å². The summed E-state index contributed by atoms with van der Waals surface area (Å²) in [5.74, 6) is -0.495. The number of ether oxygens (including phenoxy) is 1. The van der Waals surface area contributed by atoms with Crippen LogP contribution < -0.4 is 10.1 Å². The summed E-state index contributed by atoms with van der Waals surface area (Å²) in [5, 5.41) is 17.7. The summed E-state index contributed by atoms with van der Waals surface area (Å²) >= 11 is 0. The molecular weight excluding hydrogens is 398 g/mol. The van der Waals surface area contributed by atoms with Gasteiger partial charge in [0.2, 0.25) is 0 Å². The highest BCUT2D eigenvalue weighted by Crippen LogP contribution is 2.28. The van der Waals surface area contributed by atoms with Crippen LogP contribution in [0.2, 0.25) is 0 Å². The third-order valence-electron chi connectivity index (χ3n) is 4.37. The topological polar surface area (TPSA) is 99.3 Å². The van der Waals surface area contributed by atoms with Gasteiger partial charge in [0, 0.05) is 23.9 Å². The van der Waals surface area contributed by atoms with Gasteiger partial charge in [-0.05, 0) is 30.7 Å². The van der Waals surface area contributed by atoms with E-state index < -0.39 is 23.5 Å². The van der Waals surface area contributed by atoms with Gasteiger partial charge in [0.1, 0.15) is 5.75 Å². The number of nitro groups is 1. The molecule has 1 N–H and O–H groups in total. The van der Waals surface area contributed by atoms with Gasteiger partial charge in [-0.25, -0.2) is 4.68 Å². The van der Waals surface area contributed by atoms with Gasteiger partial charge in [-0.2, -0.15) is 13.9 Å². The Morgan fingerprint density at radius 2 is 1.90 bits per heavy atom. The molecule has 1 amide bonds. The Morgan fingerprint density at radius 1 is 1.20 bits per heavy atom. The lowest BCUT2D eigenvalue weighted by atomic mass is 10.0. The predicted molar refractivity (Wildman–Crippen MR) is 104 cm³/mol. The van der Waals surface area contributed by atoms with E-state index in [-0.39, 0.29) is 17.1 Å². The van der Waals surface area contributed by atoms with Crippen LogP contribution in [-0.2, 0) is 0 Å². The molecule has 0 aliphatic rings. The van der Waals surface area contributed by atoms with Crippen molar-refractivity contribution in [3.8, 4) is 11.4 Å². The number of amides is 1. The molecule has 1 atom stereocenters. The fourth-order valence-corrected chi connectivity index (χ4v) is 2.92. The van der Waals surface area contributed by atoms with Gasteiger partial charge in [-0.1, -0.05) is 25.1 Å². The third-order valence-corrected chi connectivity index (χ3v) is 4.37. The first-order chi connectivity index (χ1) is 14.4.